The monoisotopic (exact) mass is 326 g/mol. The van der Waals surface area contributed by atoms with Crippen LogP contribution in [0.25, 0.3) is 0 Å². The lowest BCUT2D eigenvalue weighted by Crippen LogP contribution is -2.33. The fraction of sp³-hybridized carbons (Fsp3) is 0.350. The maximum atomic E-state index is 12.2. The minimum atomic E-state index is -0.00897. The summed E-state index contributed by atoms with van der Waals surface area (Å²) in [7, 11) is 1.92. The second-order valence-electron chi connectivity index (χ2n) is 6.19. The van der Waals surface area contributed by atoms with E-state index in [0.717, 1.165) is 17.0 Å². The van der Waals surface area contributed by atoms with Crippen LogP contribution in [0.15, 0.2) is 54.6 Å². The molecule has 4 heteroatoms. The molecule has 1 amide bonds. The molecule has 0 saturated heterocycles. The zero-order valence-electron chi connectivity index (χ0n) is 14.7. The number of hydrogen-bond acceptors (Lipinski definition) is 3. The largest absolute Gasteiger partial charge is 0.492 e. The summed E-state index contributed by atoms with van der Waals surface area (Å²) in [5, 5.41) is 3.01. The lowest BCUT2D eigenvalue weighted by Gasteiger charge is -2.18. The van der Waals surface area contributed by atoms with E-state index in [2.05, 4.69) is 25.2 Å². The maximum absolute atomic E-state index is 12.2. The van der Waals surface area contributed by atoms with Crippen molar-refractivity contribution in [1.82, 2.24) is 4.90 Å². The molecule has 0 unspecified atom stereocenters. The molecule has 0 fully saturated rings. The van der Waals surface area contributed by atoms with Gasteiger partial charge in [0.1, 0.15) is 12.4 Å². The topological polar surface area (TPSA) is 41.6 Å². The molecule has 0 radical (unpaired) electrons. The van der Waals surface area contributed by atoms with Gasteiger partial charge in [0.15, 0.2) is 0 Å². The number of nitrogens with zero attached hydrogens (tertiary/aromatic N) is 1. The van der Waals surface area contributed by atoms with Gasteiger partial charge in [-0.15, -0.1) is 0 Å². The van der Waals surface area contributed by atoms with Crippen LogP contribution in [0, 0.1) is 0 Å². The second-order valence-corrected chi connectivity index (χ2v) is 6.19. The average Bonchev–Trinajstić information content (AvgIpc) is 2.56. The first-order chi connectivity index (χ1) is 11.6. The van der Waals surface area contributed by atoms with Crippen LogP contribution in [0.3, 0.4) is 0 Å². The van der Waals surface area contributed by atoms with Gasteiger partial charge in [-0.2, -0.15) is 0 Å². The number of anilines is 1. The smallest absolute Gasteiger partial charge is 0.238 e. The van der Waals surface area contributed by atoms with Crippen molar-refractivity contribution in [1.29, 1.82) is 0 Å². The molecular formula is C20H26N2O2. The first-order valence-electron chi connectivity index (χ1n) is 8.31. The van der Waals surface area contributed by atoms with Crippen LogP contribution in [0.4, 0.5) is 5.69 Å². The number of ether oxygens (including phenoxy) is 1. The van der Waals surface area contributed by atoms with Crippen LogP contribution in [0.5, 0.6) is 5.75 Å². The van der Waals surface area contributed by atoms with Gasteiger partial charge in [0.25, 0.3) is 0 Å². The van der Waals surface area contributed by atoms with Gasteiger partial charge < -0.3 is 10.1 Å². The molecule has 2 aromatic carbocycles. The molecule has 24 heavy (non-hydrogen) atoms. The molecule has 4 nitrogen and oxygen atoms in total. The minimum Gasteiger partial charge on any atom is -0.492 e. The first kappa shape index (κ1) is 18.0. The highest BCUT2D eigenvalue weighted by Gasteiger charge is 2.11. The zero-order valence-corrected chi connectivity index (χ0v) is 14.7. The van der Waals surface area contributed by atoms with Gasteiger partial charge in [0.2, 0.25) is 5.91 Å². The molecule has 0 aliphatic carbocycles. The molecule has 0 bridgehead atoms. The number of rotatable bonds is 8. The SMILES string of the molecule is CC(C)c1ccccc1NC(=O)CN(C)CCOc1ccccc1. The van der Waals surface area contributed by atoms with E-state index in [1.807, 2.05) is 60.5 Å². The average molecular weight is 326 g/mol. The molecule has 0 spiro atoms. The normalized spacial score (nSPS) is 10.9. The summed E-state index contributed by atoms with van der Waals surface area (Å²) in [6, 6.07) is 17.6. The van der Waals surface area contributed by atoms with E-state index in [1.54, 1.807) is 0 Å². The first-order valence-corrected chi connectivity index (χ1v) is 8.31. The second kappa shape index (κ2) is 9.08. The van der Waals surface area contributed by atoms with Crippen LogP contribution >= 0.6 is 0 Å². The van der Waals surface area contributed by atoms with E-state index in [1.165, 1.54) is 0 Å². The predicted molar refractivity (Wildman–Crippen MR) is 98.6 cm³/mol. The van der Waals surface area contributed by atoms with Gasteiger partial charge >= 0.3 is 0 Å². The number of carbonyl (C=O) groups is 1. The van der Waals surface area contributed by atoms with E-state index in [9.17, 15) is 4.79 Å². The van der Waals surface area contributed by atoms with E-state index < -0.39 is 0 Å². The number of likely N-dealkylation sites (N-methyl/N-ethyl adjacent to an activating group) is 1. The molecule has 0 aromatic heterocycles. The van der Waals surface area contributed by atoms with Crippen molar-refractivity contribution in [2.45, 2.75) is 19.8 Å². The number of hydrogen-bond donors (Lipinski definition) is 1. The summed E-state index contributed by atoms with van der Waals surface area (Å²) < 4.78 is 5.65. The highest BCUT2D eigenvalue weighted by Crippen LogP contribution is 2.23. The van der Waals surface area contributed by atoms with E-state index in [4.69, 9.17) is 4.74 Å². The Morgan fingerprint density at radius 3 is 2.46 bits per heavy atom. The van der Waals surface area contributed by atoms with E-state index in [0.29, 0.717) is 25.6 Å². The Balaban J connectivity index is 1.77. The van der Waals surface area contributed by atoms with Crippen molar-refractivity contribution < 1.29 is 9.53 Å². The van der Waals surface area contributed by atoms with Gasteiger partial charge in [0.05, 0.1) is 6.54 Å². The van der Waals surface area contributed by atoms with Gasteiger partial charge in [-0.05, 0) is 36.7 Å². The van der Waals surface area contributed by atoms with Gasteiger partial charge in [-0.3, -0.25) is 9.69 Å². The third kappa shape index (κ3) is 5.70. The molecular weight excluding hydrogens is 300 g/mol. The molecule has 2 rings (SSSR count). The zero-order chi connectivity index (χ0) is 17.4. The molecule has 0 atom stereocenters. The van der Waals surface area contributed by atoms with Crippen molar-refractivity contribution >= 4 is 11.6 Å². The fourth-order valence-corrected chi connectivity index (χ4v) is 2.46. The van der Waals surface area contributed by atoms with Crippen molar-refractivity contribution in [3.8, 4) is 5.75 Å². The van der Waals surface area contributed by atoms with Crippen molar-refractivity contribution in [3.05, 3.63) is 60.2 Å². The Morgan fingerprint density at radius 1 is 1.08 bits per heavy atom. The fourth-order valence-electron chi connectivity index (χ4n) is 2.46. The molecule has 2 aromatic rings. The van der Waals surface area contributed by atoms with Gasteiger partial charge in [-0.25, -0.2) is 0 Å². The van der Waals surface area contributed by atoms with Crippen molar-refractivity contribution in [2.75, 3.05) is 32.1 Å². The summed E-state index contributed by atoms with van der Waals surface area (Å²) in [5.74, 6) is 1.21. The highest BCUT2D eigenvalue weighted by molar-refractivity contribution is 5.93. The highest BCUT2D eigenvalue weighted by atomic mass is 16.5. The molecule has 0 heterocycles. The van der Waals surface area contributed by atoms with E-state index in [-0.39, 0.29) is 5.91 Å². The summed E-state index contributed by atoms with van der Waals surface area (Å²) in [4.78, 5) is 14.2. The van der Waals surface area contributed by atoms with Crippen molar-refractivity contribution in [2.24, 2.45) is 0 Å². The number of nitrogens with one attached hydrogen (secondary N) is 1. The Bertz CT molecular complexity index is 641. The molecule has 0 saturated carbocycles. The number of benzene rings is 2. The Hall–Kier alpha value is -2.33. The Kier molecular flexibility index (Phi) is 6.82. The van der Waals surface area contributed by atoms with Crippen LogP contribution in [-0.4, -0.2) is 37.6 Å². The predicted octanol–water partition coefficient (Wildman–Crippen LogP) is 3.76. The number of para-hydroxylation sites is 2. The summed E-state index contributed by atoms with van der Waals surface area (Å²) in [6.45, 7) is 5.82. The van der Waals surface area contributed by atoms with Crippen LogP contribution in [0.1, 0.15) is 25.3 Å². The molecule has 128 valence electrons. The molecule has 0 aliphatic heterocycles. The minimum absolute atomic E-state index is 0.00897. The third-order valence-electron chi connectivity index (χ3n) is 3.76. The lowest BCUT2D eigenvalue weighted by molar-refractivity contribution is -0.117. The van der Waals surface area contributed by atoms with Crippen LogP contribution in [-0.2, 0) is 4.79 Å². The van der Waals surface area contributed by atoms with E-state index >= 15 is 0 Å². The van der Waals surface area contributed by atoms with Gasteiger partial charge in [-0.1, -0.05) is 50.2 Å². The number of carbonyl (C=O) groups excluding carboxylic acids is 1. The van der Waals surface area contributed by atoms with Crippen LogP contribution < -0.4 is 10.1 Å². The third-order valence-corrected chi connectivity index (χ3v) is 3.76. The quantitative estimate of drug-likeness (QED) is 0.803. The summed E-state index contributed by atoms with van der Waals surface area (Å²) >= 11 is 0. The Labute approximate surface area is 144 Å². The Morgan fingerprint density at radius 2 is 1.75 bits per heavy atom. The maximum Gasteiger partial charge on any atom is 0.238 e. The summed E-state index contributed by atoms with van der Waals surface area (Å²) in [6.07, 6.45) is 0. The van der Waals surface area contributed by atoms with Gasteiger partial charge in [0, 0.05) is 12.2 Å². The van der Waals surface area contributed by atoms with Crippen molar-refractivity contribution in [3.63, 3.8) is 0 Å². The lowest BCUT2D eigenvalue weighted by atomic mass is 10.0. The standard InChI is InChI=1S/C20H26N2O2/c1-16(2)18-11-7-8-12-19(18)21-20(23)15-22(3)13-14-24-17-9-5-4-6-10-17/h4-12,16H,13-15H2,1-3H3,(H,21,23). The van der Waals surface area contributed by atoms with Crippen LogP contribution in [0.2, 0.25) is 0 Å². The molecule has 1 N–H and O–H groups in total. The number of amides is 1. The molecule has 0 aliphatic rings. The summed E-state index contributed by atoms with van der Waals surface area (Å²) in [5.41, 5.74) is 2.05.